The molecule has 0 fully saturated rings. The summed E-state index contributed by atoms with van der Waals surface area (Å²) in [6.45, 7) is 2.39. The van der Waals surface area contributed by atoms with Crippen LogP contribution in [-0.2, 0) is 23.0 Å². The molecule has 0 atom stereocenters. The zero-order valence-corrected chi connectivity index (χ0v) is 17.8. The van der Waals surface area contributed by atoms with Crippen molar-refractivity contribution in [2.24, 2.45) is 0 Å². The fraction of sp³-hybridized carbons (Fsp3) is 0.400. The number of fused-ring (bicyclic) bond motifs is 1. The molecule has 2 aromatic rings. The van der Waals surface area contributed by atoms with Crippen molar-refractivity contribution in [3.8, 4) is 5.75 Å². The quantitative estimate of drug-likeness (QED) is 0.426. The number of sulfonamides is 1. The molecule has 0 unspecified atom stereocenters. The Morgan fingerprint density at radius 2 is 1.81 bits per heavy atom. The third kappa shape index (κ3) is 6.65. The van der Waals surface area contributed by atoms with E-state index in [1.54, 1.807) is 12.1 Å². The van der Waals surface area contributed by atoms with Crippen molar-refractivity contribution in [2.45, 2.75) is 37.1 Å². The number of unbranched alkanes of at least 4 members (excludes halogenated alkanes) is 1. The molecule has 2 aromatic carbocycles. The van der Waals surface area contributed by atoms with Gasteiger partial charge < -0.3 is 4.74 Å². The van der Waals surface area contributed by atoms with Gasteiger partial charge in [0.15, 0.2) is 0 Å². The van der Waals surface area contributed by atoms with Gasteiger partial charge >= 0.3 is 12.0 Å². The molecular weight excluding hydrogens is 451 g/mol. The molecule has 0 saturated carbocycles. The lowest BCUT2D eigenvalue weighted by atomic mass is 9.99. The molecule has 0 spiro atoms. The molecule has 0 bridgehead atoms. The number of hydrogen-bond acceptors (Lipinski definition) is 5. The van der Waals surface area contributed by atoms with E-state index in [0.29, 0.717) is 13.0 Å². The van der Waals surface area contributed by atoms with Gasteiger partial charge in [0.25, 0.3) is 4.92 Å². The van der Waals surface area contributed by atoms with Crippen molar-refractivity contribution in [3.63, 3.8) is 0 Å². The van der Waals surface area contributed by atoms with Gasteiger partial charge in [-0.3, -0.25) is 4.90 Å². The summed E-state index contributed by atoms with van der Waals surface area (Å²) < 4.78 is 67.3. The Morgan fingerprint density at radius 3 is 2.47 bits per heavy atom. The van der Waals surface area contributed by atoms with Crippen LogP contribution in [0.25, 0.3) is 0 Å². The minimum atomic E-state index is -4.84. The van der Waals surface area contributed by atoms with Gasteiger partial charge in [-0.15, -0.1) is 13.2 Å². The van der Waals surface area contributed by atoms with Gasteiger partial charge in [-0.25, -0.2) is 18.3 Å². The third-order valence-electron chi connectivity index (χ3n) is 5.06. The van der Waals surface area contributed by atoms with E-state index < -0.39 is 22.1 Å². The number of halogens is 3. The number of benzene rings is 2. The Kier molecular flexibility index (Phi) is 7.36. The maximum Gasteiger partial charge on any atom is 0.573 e. The van der Waals surface area contributed by atoms with Crippen molar-refractivity contribution in [2.75, 3.05) is 19.6 Å². The standard InChI is InChI=1S/C20H23F3N3O5S/c21-20(22,23)31-18-5-7-19(8-6-18)32(29,30)24-10-1-2-11-25-12-9-15-3-4-17(26(27)28)13-16(15)14-25/h3-8,13,24H,1-2,9-12,14H2,(H,27,28)/q+1. The first-order valence-corrected chi connectivity index (χ1v) is 11.4. The predicted octanol–water partition coefficient (Wildman–Crippen LogP) is 3.50. The highest BCUT2D eigenvalue weighted by Crippen LogP contribution is 2.25. The Hall–Kier alpha value is -2.70. The Morgan fingerprint density at radius 1 is 1.09 bits per heavy atom. The molecule has 2 N–H and O–H groups in total. The number of rotatable bonds is 9. The maximum atomic E-state index is 12.3. The van der Waals surface area contributed by atoms with Gasteiger partial charge in [0.2, 0.25) is 10.0 Å². The molecule has 0 amide bonds. The summed E-state index contributed by atoms with van der Waals surface area (Å²) >= 11 is 0. The first-order valence-electron chi connectivity index (χ1n) is 9.89. The highest BCUT2D eigenvalue weighted by Gasteiger charge is 2.31. The van der Waals surface area contributed by atoms with E-state index in [9.17, 15) is 26.5 Å². The second kappa shape index (κ2) is 9.84. The van der Waals surface area contributed by atoms with Crippen LogP contribution in [0.15, 0.2) is 47.4 Å². The Labute approximate surface area is 183 Å². The molecule has 1 heterocycles. The van der Waals surface area contributed by atoms with Crippen LogP contribution in [0.4, 0.5) is 18.9 Å². The maximum absolute atomic E-state index is 12.3. The second-order valence-corrected chi connectivity index (χ2v) is 9.14. The van der Waals surface area contributed by atoms with Crippen LogP contribution in [0.3, 0.4) is 0 Å². The van der Waals surface area contributed by atoms with Gasteiger partial charge in [-0.2, -0.15) is 0 Å². The summed E-state index contributed by atoms with van der Waals surface area (Å²) in [6, 6.07) is 9.07. The van der Waals surface area contributed by atoms with E-state index in [-0.39, 0.29) is 22.1 Å². The molecular formula is C20H23F3N3O5S+. The number of nitrogens with zero attached hydrogens (tertiary/aromatic N) is 2. The molecule has 8 nitrogen and oxygen atoms in total. The number of hydrogen-bond donors (Lipinski definition) is 2. The van der Waals surface area contributed by atoms with E-state index in [2.05, 4.69) is 14.4 Å². The smallest absolute Gasteiger partial charge is 0.406 e. The van der Waals surface area contributed by atoms with Crippen LogP contribution >= 0.6 is 0 Å². The Bertz CT molecular complexity index is 1060. The lowest BCUT2D eigenvalue weighted by Gasteiger charge is -2.28. The van der Waals surface area contributed by atoms with Crippen LogP contribution in [0.2, 0.25) is 0 Å². The SMILES string of the molecule is O=[N+](O)c1ccc2c(c1)CN(CCCCNS(=O)(=O)c1ccc(OC(F)(F)F)cc1)CC2. The van der Waals surface area contributed by atoms with Crippen LogP contribution in [0.1, 0.15) is 24.0 Å². The molecule has 0 aliphatic carbocycles. The highest BCUT2D eigenvalue weighted by atomic mass is 32.2. The first-order chi connectivity index (χ1) is 15.0. The van der Waals surface area contributed by atoms with Gasteiger partial charge in [-0.1, -0.05) is 6.07 Å². The van der Waals surface area contributed by atoms with Crippen LogP contribution in [0.5, 0.6) is 5.75 Å². The molecule has 0 radical (unpaired) electrons. The average molecular weight is 474 g/mol. The highest BCUT2D eigenvalue weighted by molar-refractivity contribution is 7.89. The van der Waals surface area contributed by atoms with Crippen LogP contribution in [0, 0.1) is 4.91 Å². The van der Waals surface area contributed by atoms with Crippen molar-refractivity contribution in [1.82, 2.24) is 9.62 Å². The minimum absolute atomic E-state index is 0.147. The van der Waals surface area contributed by atoms with E-state index in [0.717, 1.165) is 61.3 Å². The second-order valence-electron chi connectivity index (χ2n) is 7.38. The summed E-state index contributed by atoms with van der Waals surface area (Å²) in [5.74, 6) is -0.492. The third-order valence-corrected chi connectivity index (χ3v) is 6.54. The molecule has 12 heteroatoms. The van der Waals surface area contributed by atoms with Gasteiger partial charge in [0.05, 0.1) is 9.80 Å². The zero-order valence-electron chi connectivity index (χ0n) is 17.0. The first kappa shape index (κ1) is 24.0. The summed E-state index contributed by atoms with van der Waals surface area (Å²) in [5, 5.41) is 9.05. The van der Waals surface area contributed by atoms with E-state index >= 15 is 0 Å². The average Bonchev–Trinajstić information content (AvgIpc) is 2.72. The summed E-state index contributed by atoms with van der Waals surface area (Å²) in [6.07, 6.45) is -2.72. The van der Waals surface area contributed by atoms with Gasteiger partial charge in [0, 0.05) is 31.8 Å². The molecule has 1 aliphatic rings. The topological polar surface area (TPSA) is 99.0 Å². The van der Waals surface area contributed by atoms with E-state index in [1.165, 1.54) is 0 Å². The largest absolute Gasteiger partial charge is 0.573 e. The zero-order chi connectivity index (χ0) is 23.4. The van der Waals surface area contributed by atoms with E-state index in [4.69, 9.17) is 5.21 Å². The predicted molar refractivity (Wildman–Crippen MR) is 108 cm³/mol. The number of ether oxygens (including phenoxy) is 1. The fourth-order valence-electron chi connectivity index (χ4n) is 3.48. The molecule has 0 saturated heterocycles. The lowest BCUT2D eigenvalue weighted by molar-refractivity contribution is -0.729. The Balaban J connectivity index is 1.43. The van der Waals surface area contributed by atoms with Crippen molar-refractivity contribution in [1.29, 1.82) is 0 Å². The molecule has 174 valence electrons. The van der Waals surface area contributed by atoms with Crippen molar-refractivity contribution >= 4 is 15.7 Å². The normalized spacial score (nSPS) is 14.7. The van der Waals surface area contributed by atoms with Crippen LogP contribution < -0.4 is 9.46 Å². The summed E-state index contributed by atoms with van der Waals surface area (Å²) in [5.41, 5.74) is 2.28. The monoisotopic (exact) mass is 474 g/mol. The number of nitrogens with one attached hydrogen (secondary N) is 1. The van der Waals surface area contributed by atoms with Crippen LogP contribution in [-0.4, -0.2) is 49.4 Å². The van der Waals surface area contributed by atoms with Crippen molar-refractivity contribution < 1.29 is 36.5 Å². The van der Waals surface area contributed by atoms with Gasteiger partial charge in [-0.05, 0) is 61.2 Å². The van der Waals surface area contributed by atoms with Gasteiger partial charge in [0.1, 0.15) is 5.75 Å². The van der Waals surface area contributed by atoms with E-state index in [1.807, 2.05) is 6.07 Å². The summed E-state index contributed by atoms with van der Waals surface area (Å²) in [7, 11) is -3.84. The van der Waals surface area contributed by atoms with Crippen molar-refractivity contribution in [3.05, 3.63) is 58.5 Å². The fourth-order valence-corrected chi connectivity index (χ4v) is 4.56. The minimum Gasteiger partial charge on any atom is -0.406 e. The lowest BCUT2D eigenvalue weighted by Crippen LogP contribution is -2.32. The summed E-state index contributed by atoms with van der Waals surface area (Å²) in [4.78, 5) is 12.9. The number of alkyl halides is 3. The molecule has 3 rings (SSSR count). The molecule has 0 aromatic heterocycles. The molecule has 32 heavy (non-hydrogen) atoms. The molecule has 1 aliphatic heterocycles.